The number of urea groups is 1. The Morgan fingerprint density at radius 1 is 1.08 bits per heavy atom. The van der Waals surface area contributed by atoms with E-state index in [1.165, 1.54) is 19.2 Å². The quantitative estimate of drug-likeness (QED) is 0.624. The van der Waals surface area contributed by atoms with Crippen LogP contribution in [0.5, 0.6) is 5.75 Å². The normalized spacial score (nSPS) is 9.88. The lowest BCUT2D eigenvalue weighted by Crippen LogP contribution is -2.19. The molecule has 0 radical (unpaired) electrons. The molecule has 0 aliphatic carbocycles. The van der Waals surface area contributed by atoms with Crippen LogP contribution in [0.15, 0.2) is 48.5 Å². The predicted octanol–water partition coefficient (Wildman–Crippen LogP) is 2.23. The van der Waals surface area contributed by atoms with Gasteiger partial charge in [-0.2, -0.15) is 0 Å². The molecule has 0 heterocycles. The number of ketones is 1. The lowest BCUT2D eigenvalue weighted by Gasteiger charge is -2.08. The SMILES string of the molecule is COc1ccccc1C(=O)COC(=O)c1cccc(NC(N)=O)c1. The van der Waals surface area contributed by atoms with Gasteiger partial charge in [0.2, 0.25) is 5.78 Å². The molecule has 124 valence electrons. The number of para-hydroxylation sites is 1. The first kappa shape index (κ1) is 17.0. The van der Waals surface area contributed by atoms with Crippen molar-refractivity contribution >= 4 is 23.5 Å². The van der Waals surface area contributed by atoms with E-state index in [-0.39, 0.29) is 11.3 Å². The smallest absolute Gasteiger partial charge is 0.338 e. The molecule has 0 aromatic heterocycles. The van der Waals surface area contributed by atoms with Gasteiger partial charge in [0.25, 0.3) is 0 Å². The maximum atomic E-state index is 12.1. The third-order valence-electron chi connectivity index (χ3n) is 3.11. The van der Waals surface area contributed by atoms with Gasteiger partial charge >= 0.3 is 12.0 Å². The fourth-order valence-electron chi connectivity index (χ4n) is 2.03. The molecule has 2 aromatic carbocycles. The Morgan fingerprint density at radius 2 is 1.83 bits per heavy atom. The number of nitrogens with two attached hydrogens (primary N) is 1. The van der Waals surface area contributed by atoms with Gasteiger partial charge in [0.1, 0.15) is 5.75 Å². The van der Waals surface area contributed by atoms with E-state index >= 15 is 0 Å². The standard InChI is InChI=1S/C17H16N2O5/c1-23-15-8-3-2-7-13(15)14(20)10-24-16(21)11-5-4-6-12(9-11)19-17(18)22/h2-9H,10H2,1H3,(H3,18,19,22). The van der Waals surface area contributed by atoms with Gasteiger partial charge in [0, 0.05) is 5.69 Å². The molecule has 0 bridgehead atoms. The van der Waals surface area contributed by atoms with E-state index in [1.54, 1.807) is 36.4 Å². The number of hydrogen-bond acceptors (Lipinski definition) is 5. The van der Waals surface area contributed by atoms with Gasteiger partial charge < -0.3 is 20.5 Å². The fourth-order valence-corrected chi connectivity index (χ4v) is 2.03. The fraction of sp³-hybridized carbons (Fsp3) is 0.118. The van der Waals surface area contributed by atoms with E-state index in [0.29, 0.717) is 17.0 Å². The third kappa shape index (κ3) is 4.33. The van der Waals surface area contributed by atoms with Gasteiger partial charge in [0.15, 0.2) is 6.61 Å². The topological polar surface area (TPSA) is 108 Å². The molecule has 7 nitrogen and oxygen atoms in total. The molecule has 2 amide bonds. The largest absolute Gasteiger partial charge is 0.496 e. The zero-order valence-electron chi connectivity index (χ0n) is 12.9. The second-order valence-corrected chi connectivity index (χ2v) is 4.77. The first-order valence-corrected chi connectivity index (χ1v) is 7.01. The van der Waals surface area contributed by atoms with Crippen LogP contribution in [0.1, 0.15) is 20.7 Å². The first-order chi connectivity index (χ1) is 11.5. The van der Waals surface area contributed by atoms with E-state index in [2.05, 4.69) is 5.32 Å². The Labute approximate surface area is 138 Å². The van der Waals surface area contributed by atoms with Crippen molar-refractivity contribution < 1.29 is 23.9 Å². The van der Waals surface area contributed by atoms with Crippen molar-refractivity contribution in [1.29, 1.82) is 0 Å². The lowest BCUT2D eigenvalue weighted by atomic mass is 10.1. The Hall–Kier alpha value is -3.35. The van der Waals surface area contributed by atoms with E-state index in [0.717, 1.165) is 0 Å². The van der Waals surface area contributed by atoms with E-state index in [4.69, 9.17) is 15.2 Å². The van der Waals surface area contributed by atoms with Crippen molar-refractivity contribution in [2.45, 2.75) is 0 Å². The van der Waals surface area contributed by atoms with E-state index in [9.17, 15) is 14.4 Å². The number of nitrogens with one attached hydrogen (secondary N) is 1. The number of esters is 1. The minimum Gasteiger partial charge on any atom is -0.496 e. The minimum absolute atomic E-state index is 0.189. The summed E-state index contributed by atoms with van der Waals surface area (Å²) in [6, 6.07) is 12.0. The van der Waals surface area contributed by atoms with Gasteiger partial charge in [0.05, 0.1) is 18.2 Å². The second kappa shape index (κ2) is 7.77. The Morgan fingerprint density at radius 3 is 2.54 bits per heavy atom. The number of methoxy groups -OCH3 is 1. The molecule has 2 aromatic rings. The summed E-state index contributed by atoms with van der Waals surface area (Å²) in [6.07, 6.45) is 0. The summed E-state index contributed by atoms with van der Waals surface area (Å²) in [5.41, 5.74) is 5.89. The van der Waals surface area contributed by atoms with Crippen molar-refractivity contribution in [2.24, 2.45) is 5.73 Å². The molecule has 0 saturated carbocycles. The van der Waals surface area contributed by atoms with Crippen LogP contribution in [0, 0.1) is 0 Å². The molecule has 3 N–H and O–H groups in total. The first-order valence-electron chi connectivity index (χ1n) is 7.01. The molecular weight excluding hydrogens is 312 g/mol. The Balaban J connectivity index is 2.02. The summed E-state index contributed by atoms with van der Waals surface area (Å²) < 4.78 is 10.1. The van der Waals surface area contributed by atoms with Crippen molar-refractivity contribution in [3.8, 4) is 5.75 Å². The molecule has 0 aliphatic heterocycles. The van der Waals surface area contributed by atoms with Crippen LogP contribution in [-0.4, -0.2) is 31.5 Å². The average molecular weight is 328 g/mol. The molecule has 0 unspecified atom stereocenters. The van der Waals surface area contributed by atoms with Crippen molar-refractivity contribution in [3.63, 3.8) is 0 Å². The summed E-state index contributed by atoms with van der Waals surface area (Å²) in [5.74, 6) is -0.662. The molecule has 0 spiro atoms. The third-order valence-corrected chi connectivity index (χ3v) is 3.11. The monoisotopic (exact) mass is 328 g/mol. The number of ether oxygens (including phenoxy) is 2. The summed E-state index contributed by atoms with van der Waals surface area (Å²) in [5, 5.41) is 2.35. The van der Waals surface area contributed by atoms with Crippen LogP contribution in [0.2, 0.25) is 0 Å². The summed E-state index contributed by atoms with van der Waals surface area (Å²) in [6.45, 7) is -0.424. The van der Waals surface area contributed by atoms with Crippen LogP contribution < -0.4 is 15.8 Å². The number of anilines is 1. The number of Topliss-reactive ketones (excluding diaryl/α,β-unsaturated/α-hetero) is 1. The number of primary amides is 1. The molecule has 0 atom stereocenters. The summed E-state index contributed by atoms with van der Waals surface area (Å²) >= 11 is 0. The maximum absolute atomic E-state index is 12.1. The van der Waals surface area contributed by atoms with Crippen LogP contribution in [0.25, 0.3) is 0 Å². The molecular formula is C17H16N2O5. The van der Waals surface area contributed by atoms with Crippen molar-refractivity contribution in [3.05, 3.63) is 59.7 Å². The molecule has 7 heteroatoms. The van der Waals surface area contributed by atoms with Gasteiger partial charge in [-0.25, -0.2) is 9.59 Å². The number of hydrogen-bond donors (Lipinski definition) is 2. The highest BCUT2D eigenvalue weighted by molar-refractivity contribution is 6.01. The highest BCUT2D eigenvalue weighted by Crippen LogP contribution is 2.18. The Kier molecular flexibility index (Phi) is 5.51. The maximum Gasteiger partial charge on any atom is 0.338 e. The second-order valence-electron chi connectivity index (χ2n) is 4.77. The van der Waals surface area contributed by atoms with Crippen LogP contribution in [0.3, 0.4) is 0 Å². The van der Waals surface area contributed by atoms with Crippen LogP contribution in [0.4, 0.5) is 10.5 Å². The number of carbonyl (C=O) groups excluding carboxylic acids is 3. The molecule has 0 aliphatic rings. The number of rotatable bonds is 6. The highest BCUT2D eigenvalue weighted by atomic mass is 16.5. The molecule has 24 heavy (non-hydrogen) atoms. The van der Waals surface area contributed by atoms with E-state index < -0.39 is 18.6 Å². The highest BCUT2D eigenvalue weighted by Gasteiger charge is 2.15. The zero-order chi connectivity index (χ0) is 17.5. The predicted molar refractivity (Wildman–Crippen MR) is 87.3 cm³/mol. The van der Waals surface area contributed by atoms with Crippen LogP contribution >= 0.6 is 0 Å². The van der Waals surface area contributed by atoms with Crippen LogP contribution in [-0.2, 0) is 4.74 Å². The van der Waals surface area contributed by atoms with Gasteiger partial charge in [-0.3, -0.25) is 4.79 Å². The summed E-state index contributed by atoms with van der Waals surface area (Å²) in [4.78, 5) is 35.0. The minimum atomic E-state index is -0.744. The van der Waals surface area contributed by atoms with Crippen molar-refractivity contribution in [2.75, 3.05) is 19.0 Å². The molecule has 0 fully saturated rings. The molecule has 2 rings (SSSR count). The lowest BCUT2D eigenvalue weighted by molar-refractivity contribution is 0.0474. The number of amides is 2. The average Bonchev–Trinajstić information content (AvgIpc) is 2.59. The van der Waals surface area contributed by atoms with Gasteiger partial charge in [-0.05, 0) is 30.3 Å². The van der Waals surface area contributed by atoms with Crippen molar-refractivity contribution in [1.82, 2.24) is 0 Å². The summed E-state index contributed by atoms with van der Waals surface area (Å²) in [7, 11) is 1.45. The van der Waals surface area contributed by atoms with E-state index in [1.807, 2.05) is 0 Å². The van der Waals surface area contributed by atoms with Gasteiger partial charge in [-0.15, -0.1) is 0 Å². The molecule has 0 saturated heterocycles. The number of benzene rings is 2. The van der Waals surface area contributed by atoms with Gasteiger partial charge in [-0.1, -0.05) is 18.2 Å². The zero-order valence-corrected chi connectivity index (χ0v) is 12.9. The number of carbonyl (C=O) groups is 3. The Bertz CT molecular complexity index is 773.